The minimum atomic E-state index is -3.91. The van der Waals surface area contributed by atoms with Gasteiger partial charge in [0.2, 0.25) is 15.9 Å². The summed E-state index contributed by atoms with van der Waals surface area (Å²) in [5.74, 6) is -0.253. The van der Waals surface area contributed by atoms with Crippen LogP contribution in [0.4, 0.5) is 0 Å². The number of carbonyl (C=O) groups excluding carboxylic acids is 1. The molecule has 2 aromatic carbocycles. The van der Waals surface area contributed by atoms with Gasteiger partial charge < -0.3 is 9.80 Å². The maximum Gasteiger partial charge on any atom is 0.242 e. The lowest BCUT2D eigenvalue weighted by atomic mass is 10.2. The summed E-state index contributed by atoms with van der Waals surface area (Å²) in [6, 6.07) is 18.0. The van der Waals surface area contributed by atoms with E-state index in [-0.39, 0.29) is 22.9 Å². The summed E-state index contributed by atoms with van der Waals surface area (Å²) in [5, 5.41) is 9.07. The van der Waals surface area contributed by atoms with E-state index in [2.05, 4.69) is 16.9 Å². The van der Waals surface area contributed by atoms with Gasteiger partial charge in [0.15, 0.2) is 0 Å². The van der Waals surface area contributed by atoms with Crippen LogP contribution in [0.2, 0.25) is 0 Å². The molecule has 1 heterocycles. The standard InChI is InChI=1S/C20H22N4O3S/c21-14-18-8-4-5-9-19(18)28(26,27)22-15-20(25)24-12-10-23(11-13-24)16-17-6-2-1-3-7-17/h1-9,22H,10-13,15-16H2/p+1. The Kier molecular flexibility index (Phi) is 6.41. The summed E-state index contributed by atoms with van der Waals surface area (Å²) in [7, 11) is -3.91. The van der Waals surface area contributed by atoms with E-state index in [1.807, 2.05) is 24.3 Å². The summed E-state index contributed by atoms with van der Waals surface area (Å²) in [5.41, 5.74) is 1.32. The van der Waals surface area contributed by atoms with Gasteiger partial charge in [0, 0.05) is 5.56 Å². The molecule has 1 aliphatic rings. The molecule has 0 aromatic heterocycles. The van der Waals surface area contributed by atoms with Crippen molar-refractivity contribution in [3.05, 3.63) is 65.7 Å². The Morgan fingerprint density at radius 3 is 2.39 bits per heavy atom. The average Bonchev–Trinajstić information content (AvgIpc) is 2.73. The van der Waals surface area contributed by atoms with Gasteiger partial charge in [-0.15, -0.1) is 0 Å². The summed E-state index contributed by atoms with van der Waals surface area (Å²) in [4.78, 5) is 15.4. The van der Waals surface area contributed by atoms with Crippen molar-refractivity contribution in [3.8, 4) is 6.07 Å². The van der Waals surface area contributed by atoms with E-state index in [0.29, 0.717) is 13.1 Å². The van der Waals surface area contributed by atoms with Crippen molar-refractivity contribution in [1.82, 2.24) is 9.62 Å². The summed E-state index contributed by atoms with van der Waals surface area (Å²) in [6.07, 6.45) is 0. The molecule has 0 spiro atoms. The second-order valence-electron chi connectivity index (χ2n) is 6.73. The Morgan fingerprint density at radius 2 is 1.71 bits per heavy atom. The van der Waals surface area contributed by atoms with Gasteiger partial charge in [-0.3, -0.25) is 4.79 Å². The number of piperazine rings is 1. The number of benzene rings is 2. The first-order valence-electron chi connectivity index (χ1n) is 9.13. The Hall–Kier alpha value is -2.73. The zero-order chi connectivity index (χ0) is 20.0. The molecule has 1 fully saturated rings. The third-order valence-corrected chi connectivity index (χ3v) is 6.29. The highest BCUT2D eigenvalue weighted by molar-refractivity contribution is 7.89. The first-order chi connectivity index (χ1) is 13.5. The fourth-order valence-electron chi connectivity index (χ4n) is 3.27. The lowest BCUT2D eigenvalue weighted by molar-refractivity contribution is -0.917. The molecule has 146 valence electrons. The first-order valence-corrected chi connectivity index (χ1v) is 10.6. The SMILES string of the molecule is N#Cc1ccccc1S(=O)(=O)NCC(=O)N1CC[NH+](Cc2ccccc2)CC1. The van der Waals surface area contributed by atoms with E-state index >= 15 is 0 Å². The van der Waals surface area contributed by atoms with Gasteiger partial charge in [0.05, 0.1) is 43.2 Å². The normalized spacial score (nSPS) is 15.2. The lowest BCUT2D eigenvalue weighted by Gasteiger charge is -2.32. The molecule has 28 heavy (non-hydrogen) atoms. The van der Waals surface area contributed by atoms with Crippen LogP contribution in [0.25, 0.3) is 0 Å². The maximum atomic E-state index is 12.4. The van der Waals surface area contributed by atoms with Gasteiger partial charge in [0.1, 0.15) is 12.6 Å². The lowest BCUT2D eigenvalue weighted by Crippen LogP contribution is -3.13. The second-order valence-corrected chi connectivity index (χ2v) is 8.46. The molecule has 1 amide bonds. The van der Waals surface area contributed by atoms with Crippen LogP contribution in [0.15, 0.2) is 59.5 Å². The molecule has 0 aliphatic carbocycles. The molecule has 7 nitrogen and oxygen atoms in total. The van der Waals surface area contributed by atoms with Gasteiger partial charge in [-0.2, -0.15) is 5.26 Å². The van der Waals surface area contributed by atoms with E-state index in [9.17, 15) is 13.2 Å². The minimum absolute atomic E-state index is 0.0561. The Morgan fingerprint density at radius 1 is 1.07 bits per heavy atom. The summed E-state index contributed by atoms with van der Waals surface area (Å²) < 4.78 is 27.2. The van der Waals surface area contributed by atoms with Crippen LogP contribution in [-0.2, 0) is 21.4 Å². The number of amides is 1. The molecule has 2 N–H and O–H groups in total. The predicted octanol–water partition coefficient (Wildman–Crippen LogP) is -0.236. The zero-order valence-corrected chi connectivity index (χ0v) is 16.3. The molecule has 0 bridgehead atoms. The number of carbonyl (C=O) groups is 1. The molecule has 0 atom stereocenters. The molecule has 0 unspecified atom stereocenters. The smallest absolute Gasteiger partial charge is 0.242 e. The molecule has 1 aliphatic heterocycles. The van der Waals surface area contributed by atoms with Crippen LogP contribution in [-0.4, -0.2) is 51.9 Å². The average molecular weight is 399 g/mol. The molecule has 2 aromatic rings. The number of sulfonamides is 1. The predicted molar refractivity (Wildman–Crippen MR) is 104 cm³/mol. The number of rotatable bonds is 6. The second kappa shape index (κ2) is 8.97. The van der Waals surface area contributed by atoms with Crippen LogP contribution >= 0.6 is 0 Å². The van der Waals surface area contributed by atoms with E-state index in [1.165, 1.54) is 22.6 Å². The Bertz CT molecular complexity index is 962. The van der Waals surface area contributed by atoms with Crippen molar-refractivity contribution in [1.29, 1.82) is 5.26 Å². The van der Waals surface area contributed by atoms with E-state index in [0.717, 1.165) is 19.6 Å². The minimum Gasteiger partial charge on any atom is -0.330 e. The fraction of sp³-hybridized carbons (Fsp3) is 0.300. The van der Waals surface area contributed by atoms with E-state index < -0.39 is 10.0 Å². The van der Waals surface area contributed by atoms with Gasteiger partial charge in [-0.1, -0.05) is 42.5 Å². The first kappa shape index (κ1) is 20.0. The van der Waals surface area contributed by atoms with Crippen LogP contribution in [0.5, 0.6) is 0 Å². The third kappa shape index (κ3) is 4.95. The van der Waals surface area contributed by atoms with Crippen molar-refractivity contribution in [2.24, 2.45) is 0 Å². The molecule has 8 heteroatoms. The Balaban J connectivity index is 1.51. The number of hydrogen-bond donors (Lipinski definition) is 2. The highest BCUT2D eigenvalue weighted by Crippen LogP contribution is 2.13. The molecule has 0 radical (unpaired) electrons. The summed E-state index contributed by atoms with van der Waals surface area (Å²) >= 11 is 0. The van der Waals surface area contributed by atoms with Crippen molar-refractivity contribution in [3.63, 3.8) is 0 Å². The number of quaternary nitrogens is 1. The molecule has 1 saturated heterocycles. The maximum absolute atomic E-state index is 12.4. The Labute approximate surface area is 165 Å². The topological polar surface area (TPSA) is 94.7 Å². The highest BCUT2D eigenvalue weighted by atomic mass is 32.2. The van der Waals surface area contributed by atoms with Crippen LogP contribution in [0.3, 0.4) is 0 Å². The van der Waals surface area contributed by atoms with E-state index in [1.54, 1.807) is 17.0 Å². The monoisotopic (exact) mass is 399 g/mol. The molecule has 0 saturated carbocycles. The number of nitrogens with zero attached hydrogens (tertiary/aromatic N) is 2. The van der Waals surface area contributed by atoms with Crippen LogP contribution in [0, 0.1) is 11.3 Å². The quantitative estimate of drug-likeness (QED) is 0.701. The largest absolute Gasteiger partial charge is 0.330 e. The van der Waals surface area contributed by atoms with Crippen molar-refractivity contribution in [2.75, 3.05) is 32.7 Å². The molecular weight excluding hydrogens is 376 g/mol. The number of nitriles is 1. The number of nitrogens with one attached hydrogen (secondary N) is 2. The third-order valence-electron chi connectivity index (χ3n) is 4.83. The summed E-state index contributed by atoms with van der Waals surface area (Å²) in [6.45, 7) is 3.45. The number of hydrogen-bond acceptors (Lipinski definition) is 4. The van der Waals surface area contributed by atoms with Crippen molar-refractivity contribution in [2.45, 2.75) is 11.4 Å². The van der Waals surface area contributed by atoms with Gasteiger partial charge in [-0.05, 0) is 12.1 Å². The van der Waals surface area contributed by atoms with Crippen LogP contribution < -0.4 is 9.62 Å². The van der Waals surface area contributed by atoms with Gasteiger partial charge in [-0.25, -0.2) is 13.1 Å². The highest BCUT2D eigenvalue weighted by Gasteiger charge is 2.25. The molecule has 3 rings (SSSR count). The van der Waals surface area contributed by atoms with Crippen LogP contribution in [0.1, 0.15) is 11.1 Å². The fourth-order valence-corrected chi connectivity index (χ4v) is 4.40. The van der Waals surface area contributed by atoms with E-state index in [4.69, 9.17) is 5.26 Å². The van der Waals surface area contributed by atoms with Gasteiger partial charge >= 0.3 is 0 Å². The zero-order valence-electron chi connectivity index (χ0n) is 15.5. The van der Waals surface area contributed by atoms with Crippen molar-refractivity contribution >= 4 is 15.9 Å². The molecular formula is C20H23N4O3S+. The van der Waals surface area contributed by atoms with Gasteiger partial charge in [0.25, 0.3) is 0 Å². The van der Waals surface area contributed by atoms with Crippen molar-refractivity contribution < 1.29 is 18.1 Å².